The molecular formula is C15H21N3O. The van der Waals surface area contributed by atoms with Crippen LogP contribution in [0.15, 0.2) is 34.9 Å². The van der Waals surface area contributed by atoms with E-state index in [0.29, 0.717) is 11.7 Å². The Hall–Kier alpha value is -1.68. The number of benzene rings is 1. The highest BCUT2D eigenvalue weighted by Crippen LogP contribution is 2.23. The van der Waals surface area contributed by atoms with E-state index in [1.807, 2.05) is 39.0 Å². The van der Waals surface area contributed by atoms with Crippen LogP contribution in [0.2, 0.25) is 0 Å². The van der Waals surface area contributed by atoms with Gasteiger partial charge >= 0.3 is 0 Å². The minimum absolute atomic E-state index is 0.228. The summed E-state index contributed by atoms with van der Waals surface area (Å²) in [5.41, 5.74) is 7.02. The van der Waals surface area contributed by atoms with Crippen LogP contribution < -0.4 is 5.73 Å². The van der Waals surface area contributed by atoms with Crippen LogP contribution in [0.5, 0.6) is 0 Å². The monoisotopic (exact) mass is 259 g/mol. The van der Waals surface area contributed by atoms with E-state index < -0.39 is 5.54 Å². The van der Waals surface area contributed by atoms with Crippen molar-refractivity contribution in [1.82, 2.24) is 10.1 Å². The third kappa shape index (κ3) is 3.41. The van der Waals surface area contributed by atoms with E-state index in [9.17, 15) is 0 Å². The summed E-state index contributed by atoms with van der Waals surface area (Å²) in [7, 11) is 0. The number of rotatable bonds is 5. The predicted molar refractivity (Wildman–Crippen MR) is 74.7 cm³/mol. The number of hydrogen-bond acceptors (Lipinski definition) is 4. The van der Waals surface area contributed by atoms with Gasteiger partial charge in [-0.3, -0.25) is 0 Å². The summed E-state index contributed by atoms with van der Waals surface area (Å²) in [6.07, 6.45) is 1.69. The molecule has 1 heterocycles. The highest BCUT2D eigenvalue weighted by atomic mass is 16.5. The van der Waals surface area contributed by atoms with Crippen LogP contribution in [0.3, 0.4) is 0 Å². The standard InChI is InChI=1S/C15H21N3O/c1-11(2)13-17-14(18-19-13)15(3,16)10-9-12-7-5-4-6-8-12/h4-8,11H,9-10,16H2,1-3H3. The van der Waals surface area contributed by atoms with Crippen LogP contribution in [-0.4, -0.2) is 10.1 Å². The van der Waals surface area contributed by atoms with Crippen molar-refractivity contribution in [1.29, 1.82) is 0 Å². The van der Waals surface area contributed by atoms with E-state index in [0.717, 1.165) is 12.8 Å². The lowest BCUT2D eigenvalue weighted by atomic mass is 9.93. The molecule has 1 aromatic heterocycles. The second-order valence-electron chi connectivity index (χ2n) is 5.51. The Kier molecular flexibility index (Phi) is 4.00. The van der Waals surface area contributed by atoms with Gasteiger partial charge in [0.1, 0.15) is 0 Å². The highest BCUT2D eigenvalue weighted by Gasteiger charge is 2.27. The third-order valence-corrected chi connectivity index (χ3v) is 3.22. The van der Waals surface area contributed by atoms with E-state index in [1.54, 1.807) is 0 Å². The van der Waals surface area contributed by atoms with Crippen LogP contribution in [-0.2, 0) is 12.0 Å². The summed E-state index contributed by atoms with van der Waals surface area (Å²) in [4.78, 5) is 4.39. The molecule has 0 saturated heterocycles. The van der Waals surface area contributed by atoms with Crippen molar-refractivity contribution in [3.8, 4) is 0 Å². The topological polar surface area (TPSA) is 64.9 Å². The average Bonchev–Trinajstić information content (AvgIpc) is 2.88. The fourth-order valence-corrected chi connectivity index (χ4v) is 1.86. The van der Waals surface area contributed by atoms with Gasteiger partial charge in [0.2, 0.25) is 5.89 Å². The molecule has 1 aromatic carbocycles. The summed E-state index contributed by atoms with van der Waals surface area (Å²) in [5.74, 6) is 1.46. The molecule has 0 aliphatic carbocycles. The molecule has 19 heavy (non-hydrogen) atoms. The summed E-state index contributed by atoms with van der Waals surface area (Å²) in [6, 6.07) is 10.3. The van der Waals surface area contributed by atoms with Crippen LogP contribution in [0.25, 0.3) is 0 Å². The first-order valence-electron chi connectivity index (χ1n) is 6.66. The Morgan fingerprint density at radius 1 is 1.26 bits per heavy atom. The molecule has 0 aliphatic heterocycles. The molecule has 0 fully saturated rings. The quantitative estimate of drug-likeness (QED) is 0.896. The summed E-state index contributed by atoms with van der Waals surface area (Å²) in [5, 5.41) is 4.01. The fraction of sp³-hybridized carbons (Fsp3) is 0.467. The van der Waals surface area contributed by atoms with Crippen molar-refractivity contribution in [2.75, 3.05) is 0 Å². The summed E-state index contributed by atoms with van der Waals surface area (Å²) < 4.78 is 5.22. The molecule has 4 heteroatoms. The first kappa shape index (κ1) is 13.7. The average molecular weight is 259 g/mol. The minimum Gasteiger partial charge on any atom is -0.339 e. The summed E-state index contributed by atoms with van der Waals surface area (Å²) in [6.45, 7) is 6.00. The van der Waals surface area contributed by atoms with Crippen molar-refractivity contribution in [3.63, 3.8) is 0 Å². The molecule has 4 nitrogen and oxygen atoms in total. The van der Waals surface area contributed by atoms with Crippen molar-refractivity contribution in [3.05, 3.63) is 47.6 Å². The number of aryl methyl sites for hydroxylation is 1. The minimum atomic E-state index is -0.563. The zero-order valence-electron chi connectivity index (χ0n) is 11.8. The van der Waals surface area contributed by atoms with Gasteiger partial charge in [-0.2, -0.15) is 4.98 Å². The molecule has 0 bridgehead atoms. The first-order chi connectivity index (χ1) is 8.99. The van der Waals surface area contributed by atoms with Gasteiger partial charge < -0.3 is 10.3 Å². The molecular weight excluding hydrogens is 238 g/mol. The second-order valence-corrected chi connectivity index (χ2v) is 5.51. The van der Waals surface area contributed by atoms with Gasteiger partial charge in [-0.1, -0.05) is 49.3 Å². The molecule has 2 N–H and O–H groups in total. The zero-order valence-corrected chi connectivity index (χ0v) is 11.8. The maximum Gasteiger partial charge on any atom is 0.229 e. The van der Waals surface area contributed by atoms with E-state index in [-0.39, 0.29) is 5.92 Å². The largest absolute Gasteiger partial charge is 0.339 e. The van der Waals surface area contributed by atoms with Crippen LogP contribution in [0.4, 0.5) is 0 Å². The van der Waals surface area contributed by atoms with Gasteiger partial charge in [-0.05, 0) is 25.3 Å². The van der Waals surface area contributed by atoms with Gasteiger partial charge in [-0.25, -0.2) is 0 Å². The zero-order chi connectivity index (χ0) is 13.9. The predicted octanol–water partition coefficient (Wildman–Crippen LogP) is 3.00. The molecule has 2 aromatic rings. The number of hydrogen-bond donors (Lipinski definition) is 1. The lowest BCUT2D eigenvalue weighted by Gasteiger charge is -2.20. The maximum atomic E-state index is 6.31. The molecule has 1 atom stereocenters. The summed E-state index contributed by atoms with van der Waals surface area (Å²) >= 11 is 0. The van der Waals surface area contributed by atoms with Crippen LogP contribution >= 0.6 is 0 Å². The number of nitrogens with two attached hydrogens (primary N) is 1. The third-order valence-electron chi connectivity index (χ3n) is 3.22. The molecule has 0 amide bonds. The van der Waals surface area contributed by atoms with Gasteiger partial charge in [0.05, 0.1) is 5.54 Å². The van der Waals surface area contributed by atoms with Gasteiger partial charge in [-0.15, -0.1) is 0 Å². The van der Waals surface area contributed by atoms with Crippen molar-refractivity contribution in [2.24, 2.45) is 5.73 Å². The van der Waals surface area contributed by atoms with Crippen molar-refractivity contribution < 1.29 is 4.52 Å². The highest BCUT2D eigenvalue weighted by molar-refractivity contribution is 5.16. The van der Waals surface area contributed by atoms with Crippen LogP contribution in [0.1, 0.15) is 50.4 Å². The molecule has 102 valence electrons. The van der Waals surface area contributed by atoms with E-state index in [2.05, 4.69) is 22.3 Å². The van der Waals surface area contributed by atoms with Crippen molar-refractivity contribution in [2.45, 2.75) is 45.1 Å². The Balaban J connectivity index is 2.05. The van der Waals surface area contributed by atoms with E-state index >= 15 is 0 Å². The lowest BCUT2D eigenvalue weighted by molar-refractivity contribution is 0.340. The Morgan fingerprint density at radius 3 is 2.53 bits per heavy atom. The molecule has 0 radical (unpaired) electrons. The maximum absolute atomic E-state index is 6.31. The molecule has 2 rings (SSSR count). The Bertz CT molecular complexity index is 517. The Labute approximate surface area is 114 Å². The molecule has 0 spiro atoms. The molecule has 0 aliphatic rings. The second kappa shape index (κ2) is 5.53. The Morgan fingerprint density at radius 2 is 1.95 bits per heavy atom. The SMILES string of the molecule is CC(C)c1nc(C(C)(N)CCc2ccccc2)no1. The molecule has 1 unspecified atom stereocenters. The number of nitrogens with zero attached hydrogens (tertiary/aromatic N) is 2. The van der Waals surface area contributed by atoms with Crippen LogP contribution in [0, 0.1) is 0 Å². The van der Waals surface area contributed by atoms with Gasteiger partial charge in [0.15, 0.2) is 5.82 Å². The lowest BCUT2D eigenvalue weighted by Crippen LogP contribution is -2.35. The normalized spacial score (nSPS) is 14.6. The smallest absolute Gasteiger partial charge is 0.229 e. The van der Waals surface area contributed by atoms with Gasteiger partial charge in [0, 0.05) is 5.92 Å². The van der Waals surface area contributed by atoms with E-state index in [4.69, 9.17) is 10.3 Å². The molecule has 0 saturated carbocycles. The fourth-order valence-electron chi connectivity index (χ4n) is 1.86. The first-order valence-corrected chi connectivity index (χ1v) is 6.66. The van der Waals surface area contributed by atoms with Crippen molar-refractivity contribution >= 4 is 0 Å². The van der Waals surface area contributed by atoms with E-state index in [1.165, 1.54) is 5.56 Å². The number of aromatic nitrogens is 2. The van der Waals surface area contributed by atoms with Gasteiger partial charge in [0.25, 0.3) is 0 Å².